The first kappa shape index (κ1) is 18.9. The van der Waals surface area contributed by atoms with E-state index in [0.29, 0.717) is 18.2 Å². The molecule has 0 saturated carbocycles. The first-order valence-corrected chi connectivity index (χ1v) is 9.81. The van der Waals surface area contributed by atoms with Crippen molar-refractivity contribution in [1.29, 1.82) is 0 Å². The van der Waals surface area contributed by atoms with E-state index in [0.717, 1.165) is 35.6 Å². The number of aromatic nitrogens is 2. The number of amides is 1. The highest BCUT2D eigenvalue weighted by Crippen LogP contribution is 2.28. The summed E-state index contributed by atoms with van der Waals surface area (Å²) in [5.41, 5.74) is 5.33. The van der Waals surface area contributed by atoms with E-state index in [-0.39, 0.29) is 5.91 Å². The molecule has 3 aromatic rings. The molecule has 2 heterocycles. The van der Waals surface area contributed by atoms with Crippen molar-refractivity contribution < 1.29 is 4.79 Å². The van der Waals surface area contributed by atoms with Gasteiger partial charge in [0, 0.05) is 43.4 Å². The zero-order chi connectivity index (χ0) is 20.4. The summed E-state index contributed by atoms with van der Waals surface area (Å²) in [6, 6.07) is 17.8. The van der Waals surface area contributed by atoms with Crippen LogP contribution in [0.25, 0.3) is 0 Å². The van der Waals surface area contributed by atoms with Gasteiger partial charge in [-0.2, -0.15) is 0 Å². The summed E-state index contributed by atoms with van der Waals surface area (Å²) < 4.78 is 0. The van der Waals surface area contributed by atoms with Gasteiger partial charge in [-0.25, -0.2) is 9.97 Å². The Bertz CT molecular complexity index is 1030. The normalized spacial score (nSPS) is 13.0. The average Bonchev–Trinajstić information content (AvgIpc) is 2.73. The summed E-state index contributed by atoms with van der Waals surface area (Å²) in [4.78, 5) is 26.1. The van der Waals surface area contributed by atoms with Gasteiger partial charge in [-0.15, -0.1) is 0 Å². The molecule has 0 fully saturated rings. The fourth-order valence-corrected chi connectivity index (χ4v) is 3.59. The maximum atomic E-state index is 13.2. The number of nitrogens with zero attached hydrogens (tertiary/aromatic N) is 4. The Morgan fingerprint density at radius 1 is 1.07 bits per heavy atom. The third-order valence-corrected chi connectivity index (χ3v) is 5.07. The van der Waals surface area contributed by atoms with Crippen LogP contribution in [0.4, 0.5) is 23.0 Å². The molecule has 1 amide bonds. The summed E-state index contributed by atoms with van der Waals surface area (Å²) in [5, 5.41) is 3.22. The van der Waals surface area contributed by atoms with Crippen molar-refractivity contribution in [2.24, 2.45) is 0 Å². The smallest absolute Gasteiger partial charge is 0.277 e. The van der Waals surface area contributed by atoms with Crippen molar-refractivity contribution in [3.63, 3.8) is 0 Å². The number of carbonyl (C=O) groups is 1. The van der Waals surface area contributed by atoms with E-state index in [2.05, 4.69) is 21.4 Å². The highest BCUT2D eigenvalue weighted by Gasteiger charge is 2.24. The molecule has 1 aliphatic rings. The summed E-state index contributed by atoms with van der Waals surface area (Å²) in [7, 11) is 4.01. The third kappa shape index (κ3) is 4.06. The first-order chi connectivity index (χ1) is 14.0. The molecule has 2 aromatic carbocycles. The zero-order valence-corrected chi connectivity index (χ0v) is 17.0. The van der Waals surface area contributed by atoms with Crippen LogP contribution >= 0.6 is 0 Å². The number of hydrogen-bond donors (Lipinski definition) is 1. The molecule has 4 rings (SSSR count). The van der Waals surface area contributed by atoms with Crippen LogP contribution in [-0.4, -0.2) is 36.5 Å². The number of benzene rings is 2. The predicted molar refractivity (Wildman–Crippen MR) is 117 cm³/mol. The molecular formula is C23H25N5O. The highest BCUT2D eigenvalue weighted by molar-refractivity contribution is 6.05. The van der Waals surface area contributed by atoms with Crippen LogP contribution in [-0.2, 0) is 6.42 Å². The average molecular weight is 387 g/mol. The minimum atomic E-state index is -0.0892. The Morgan fingerprint density at radius 2 is 1.83 bits per heavy atom. The largest absolute Gasteiger partial charge is 0.378 e. The van der Waals surface area contributed by atoms with E-state index in [1.807, 2.05) is 73.3 Å². The number of carbonyl (C=O) groups excluding carboxylic acids is 1. The Labute approximate surface area is 171 Å². The second-order valence-electron chi connectivity index (χ2n) is 7.47. The van der Waals surface area contributed by atoms with Gasteiger partial charge in [0.15, 0.2) is 0 Å². The Morgan fingerprint density at radius 3 is 2.59 bits per heavy atom. The molecule has 6 nitrogen and oxygen atoms in total. The van der Waals surface area contributed by atoms with Crippen LogP contribution in [0, 0.1) is 6.92 Å². The molecule has 1 aromatic heterocycles. The van der Waals surface area contributed by atoms with E-state index in [4.69, 9.17) is 0 Å². The molecule has 0 bridgehead atoms. The summed E-state index contributed by atoms with van der Waals surface area (Å²) in [6.45, 7) is 2.58. The van der Waals surface area contributed by atoms with E-state index in [1.165, 1.54) is 5.56 Å². The highest BCUT2D eigenvalue weighted by atomic mass is 16.2. The Balaban J connectivity index is 1.59. The second-order valence-corrected chi connectivity index (χ2v) is 7.47. The zero-order valence-electron chi connectivity index (χ0n) is 17.0. The number of rotatable bonds is 4. The van der Waals surface area contributed by atoms with Crippen molar-refractivity contribution in [2.45, 2.75) is 19.8 Å². The van der Waals surface area contributed by atoms with Crippen molar-refractivity contribution in [3.8, 4) is 0 Å². The molecule has 6 heteroatoms. The van der Waals surface area contributed by atoms with Crippen molar-refractivity contribution in [2.75, 3.05) is 35.8 Å². The lowest BCUT2D eigenvalue weighted by Gasteiger charge is -2.29. The number of fused-ring (bicyclic) bond motifs is 1. The Kier molecular flexibility index (Phi) is 5.16. The molecular weight excluding hydrogens is 362 g/mol. The monoisotopic (exact) mass is 387 g/mol. The summed E-state index contributed by atoms with van der Waals surface area (Å²) in [6.07, 6.45) is 1.95. The Hall–Kier alpha value is -3.41. The maximum absolute atomic E-state index is 13.2. The molecule has 0 spiro atoms. The molecule has 0 aliphatic carbocycles. The molecule has 148 valence electrons. The standard InChI is InChI=1S/C23H25N5O/c1-16-15-20(22(29)28-14-6-8-17-7-4-5-9-21(17)28)26-23(24-16)25-18-10-12-19(13-11-18)27(2)3/h4-5,7,9-13,15H,6,8,14H2,1-3H3,(H,24,25,26). The molecule has 0 unspecified atom stereocenters. The lowest BCUT2D eigenvalue weighted by atomic mass is 10.0. The van der Waals surface area contributed by atoms with Crippen LogP contribution in [0.1, 0.15) is 28.2 Å². The molecule has 1 N–H and O–H groups in total. The molecule has 0 atom stereocenters. The van der Waals surface area contributed by atoms with Gasteiger partial charge in [0.1, 0.15) is 5.69 Å². The van der Waals surface area contributed by atoms with Gasteiger partial charge in [-0.05, 0) is 61.7 Å². The van der Waals surface area contributed by atoms with Gasteiger partial charge >= 0.3 is 0 Å². The summed E-state index contributed by atoms with van der Waals surface area (Å²) in [5.74, 6) is 0.338. The number of aryl methyl sites for hydroxylation is 2. The topological polar surface area (TPSA) is 61.4 Å². The molecule has 0 saturated heterocycles. The van der Waals surface area contributed by atoms with Gasteiger partial charge in [0.2, 0.25) is 5.95 Å². The van der Waals surface area contributed by atoms with Gasteiger partial charge in [0.25, 0.3) is 5.91 Å². The SMILES string of the molecule is Cc1cc(C(=O)N2CCCc3ccccc32)nc(Nc2ccc(N(C)C)cc2)n1. The lowest BCUT2D eigenvalue weighted by molar-refractivity contribution is 0.0980. The molecule has 0 radical (unpaired) electrons. The first-order valence-electron chi connectivity index (χ1n) is 9.81. The van der Waals surface area contributed by atoms with E-state index >= 15 is 0 Å². The van der Waals surface area contributed by atoms with E-state index < -0.39 is 0 Å². The molecule has 29 heavy (non-hydrogen) atoms. The number of nitrogens with one attached hydrogen (secondary N) is 1. The third-order valence-electron chi connectivity index (χ3n) is 5.07. The minimum Gasteiger partial charge on any atom is -0.378 e. The van der Waals surface area contributed by atoms with Crippen LogP contribution < -0.4 is 15.1 Å². The van der Waals surface area contributed by atoms with E-state index in [9.17, 15) is 4.79 Å². The number of anilines is 4. The quantitative estimate of drug-likeness (QED) is 0.727. The maximum Gasteiger partial charge on any atom is 0.277 e. The second kappa shape index (κ2) is 7.91. The van der Waals surface area contributed by atoms with Crippen LogP contribution in [0.2, 0.25) is 0 Å². The fourth-order valence-electron chi connectivity index (χ4n) is 3.59. The van der Waals surface area contributed by atoms with Gasteiger partial charge in [0.05, 0.1) is 0 Å². The van der Waals surface area contributed by atoms with Gasteiger partial charge in [-0.3, -0.25) is 4.79 Å². The summed E-state index contributed by atoms with van der Waals surface area (Å²) >= 11 is 0. The molecule has 1 aliphatic heterocycles. The van der Waals surface area contributed by atoms with Crippen molar-refractivity contribution >= 4 is 28.9 Å². The van der Waals surface area contributed by atoms with Crippen molar-refractivity contribution in [3.05, 3.63) is 71.5 Å². The number of para-hydroxylation sites is 1. The number of hydrogen-bond acceptors (Lipinski definition) is 5. The van der Waals surface area contributed by atoms with Gasteiger partial charge in [-0.1, -0.05) is 18.2 Å². The van der Waals surface area contributed by atoms with Crippen LogP contribution in [0.5, 0.6) is 0 Å². The predicted octanol–water partition coefficient (Wildman–Crippen LogP) is 4.19. The van der Waals surface area contributed by atoms with E-state index in [1.54, 1.807) is 6.07 Å². The van der Waals surface area contributed by atoms with Gasteiger partial charge < -0.3 is 15.1 Å². The van der Waals surface area contributed by atoms with Crippen molar-refractivity contribution in [1.82, 2.24) is 9.97 Å². The van der Waals surface area contributed by atoms with Crippen LogP contribution in [0.15, 0.2) is 54.6 Å². The minimum absolute atomic E-state index is 0.0892. The lowest BCUT2D eigenvalue weighted by Crippen LogP contribution is -2.36. The fraction of sp³-hybridized carbons (Fsp3) is 0.261. The van der Waals surface area contributed by atoms with Crippen LogP contribution in [0.3, 0.4) is 0 Å².